The zero-order valence-electron chi connectivity index (χ0n) is 14.0. The highest BCUT2D eigenvalue weighted by Crippen LogP contribution is 2.42. The number of halogens is 1. The van der Waals surface area contributed by atoms with E-state index in [1.807, 2.05) is 19.2 Å². The molecular weight excluding hydrogens is 305 g/mol. The minimum Gasteiger partial charge on any atom is -0.328 e. The summed E-state index contributed by atoms with van der Waals surface area (Å²) in [7, 11) is 2.00. The number of hydrogen-bond acceptors (Lipinski definition) is 4. The van der Waals surface area contributed by atoms with E-state index in [9.17, 15) is 4.39 Å². The summed E-state index contributed by atoms with van der Waals surface area (Å²) < 4.78 is 16.2. The van der Waals surface area contributed by atoms with Crippen LogP contribution in [0.3, 0.4) is 0 Å². The molecule has 0 amide bonds. The van der Waals surface area contributed by atoms with Crippen molar-refractivity contribution in [3.63, 3.8) is 0 Å². The van der Waals surface area contributed by atoms with Gasteiger partial charge in [-0.2, -0.15) is 0 Å². The predicted molar refractivity (Wildman–Crippen MR) is 89.8 cm³/mol. The number of nitrogens with two attached hydrogens (primary N) is 1. The first-order chi connectivity index (χ1) is 11.6. The van der Waals surface area contributed by atoms with Gasteiger partial charge in [0.05, 0.1) is 6.54 Å². The Hall–Kier alpha value is -1.79. The molecule has 0 bridgehead atoms. The minimum atomic E-state index is -0.155. The Labute approximate surface area is 141 Å². The Balaban J connectivity index is 1.49. The molecule has 1 aromatic heterocycles. The van der Waals surface area contributed by atoms with Gasteiger partial charge in [-0.3, -0.25) is 4.90 Å². The maximum Gasteiger partial charge on any atom is 0.147 e. The number of aromatic nitrogens is 3. The van der Waals surface area contributed by atoms with Crippen LogP contribution in [0.5, 0.6) is 0 Å². The predicted octanol–water partition coefficient (Wildman–Crippen LogP) is 2.59. The van der Waals surface area contributed by atoms with Gasteiger partial charge in [0, 0.05) is 30.1 Å². The molecule has 2 aliphatic rings. The second-order valence-corrected chi connectivity index (χ2v) is 7.27. The number of rotatable bonds is 6. The van der Waals surface area contributed by atoms with Crippen LogP contribution in [0.2, 0.25) is 0 Å². The highest BCUT2D eigenvalue weighted by molar-refractivity contribution is 5.17. The first-order valence-corrected chi connectivity index (χ1v) is 8.73. The third-order valence-corrected chi connectivity index (χ3v) is 5.05. The molecule has 128 valence electrons. The molecule has 4 rings (SSSR count). The van der Waals surface area contributed by atoms with Gasteiger partial charge < -0.3 is 10.3 Å². The summed E-state index contributed by atoms with van der Waals surface area (Å²) in [5, 5.41) is 8.91. The maximum atomic E-state index is 13.8. The zero-order valence-corrected chi connectivity index (χ0v) is 14.0. The average Bonchev–Trinajstić information content (AvgIpc) is 3.28. The van der Waals surface area contributed by atoms with E-state index in [4.69, 9.17) is 5.73 Å². The molecule has 6 heteroatoms. The second kappa shape index (κ2) is 6.26. The van der Waals surface area contributed by atoms with Crippen molar-refractivity contribution in [1.29, 1.82) is 0 Å². The van der Waals surface area contributed by atoms with Crippen LogP contribution in [-0.2, 0) is 13.1 Å². The molecule has 2 aromatic rings. The molecule has 0 saturated heterocycles. The fourth-order valence-corrected chi connectivity index (χ4v) is 3.54. The normalized spacial score (nSPS) is 23.5. The molecule has 0 spiro atoms. The fraction of sp³-hybridized carbons (Fsp3) is 0.556. The molecule has 0 unspecified atom stereocenters. The van der Waals surface area contributed by atoms with Crippen molar-refractivity contribution < 1.29 is 4.39 Å². The van der Waals surface area contributed by atoms with Gasteiger partial charge in [-0.15, -0.1) is 10.2 Å². The van der Waals surface area contributed by atoms with Crippen LogP contribution in [0.4, 0.5) is 4.39 Å². The molecule has 1 heterocycles. The smallest absolute Gasteiger partial charge is 0.147 e. The van der Waals surface area contributed by atoms with Crippen LogP contribution in [0.15, 0.2) is 24.3 Å². The van der Waals surface area contributed by atoms with Crippen LogP contribution < -0.4 is 5.73 Å². The van der Waals surface area contributed by atoms with Gasteiger partial charge in [-0.25, -0.2) is 4.39 Å². The van der Waals surface area contributed by atoms with Crippen LogP contribution in [0.25, 0.3) is 0 Å². The monoisotopic (exact) mass is 329 g/mol. The molecular formula is C18H24FN5. The summed E-state index contributed by atoms with van der Waals surface area (Å²) in [6, 6.07) is 7.79. The van der Waals surface area contributed by atoms with E-state index in [0.717, 1.165) is 24.5 Å². The average molecular weight is 329 g/mol. The third-order valence-electron chi connectivity index (χ3n) is 5.05. The second-order valence-electron chi connectivity index (χ2n) is 7.27. The van der Waals surface area contributed by atoms with Crippen molar-refractivity contribution in [3.8, 4) is 0 Å². The number of benzene rings is 1. The molecule has 0 atom stereocenters. The number of nitrogens with zero attached hydrogens (tertiary/aromatic N) is 4. The van der Waals surface area contributed by atoms with Gasteiger partial charge in [0.2, 0.25) is 0 Å². The first kappa shape index (κ1) is 15.7. The van der Waals surface area contributed by atoms with Gasteiger partial charge in [0.15, 0.2) is 0 Å². The van der Waals surface area contributed by atoms with Crippen LogP contribution >= 0.6 is 0 Å². The lowest BCUT2D eigenvalue weighted by atomic mass is 9.80. The molecule has 2 N–H and O–H groups in total. The lowest BCUT2D eigenvalue weighted by molar-refractivity contribution is 0.295. The third kappa shape index (κ3) is 3.08. The van der Waals surface area contributed by atoms with E-state index in [2.05, 4.69) is 19.7 Å². The van der Waals surface area contributed by atoms with E-state index in [1.54, 1.807) is 6.07 Å². The van der Waals surface area contributed by atoms with Crippen molar-refractivity contribution in [1.82, 2.24) is 19.7 Å². The molecule has 2 aliphatic carbocycles. The van der Waals surface area contributed by atoms with Gasteiger partial charge >= 0.3 is 0 Å². The molecule has 1 aromatic carbocycles. The Morgan fingerprint density at radius 2 is 1.96 bits per heavy atom. The van der Waals surface area contributed by atoms with E-state index in [-0.39, 0.29) is 5.82 Å². The van der Waals surface area contributed by atoms with Crippen molar-refractivity contribution >= 4 is 0 Å². The standard InChI is InChI=1S/C18H24FN5/c1-23(10-12-4-2-3-5-16(12)19)11-17-21-22-18(13-8-14(20)9-13)24(17)15-6-7-15/h2-5,13-15H,6-11,20H2,1H3. The molecule has 5 nitrogen and oxygen atoms in total. The summed E-state index contributed by atoms with van der Waals surface area (Å²) in [5.74, 6) is 2.40. The van der Waals surface area contributed by atoms with Gasteiger partial charge in [-0.1, -0.05) is 18.2 Å². The van der Waals surface area contributed by atoms with Crippen LogP contribution in [0, 0.1) is 5.82 Å². The molecule has 2 fully saturated rings. The maximum absolute atomic E-state index is 13.8. The Bertz CT molecular complexity index is 718. The molecule has 0 radical (unpaired) electrons. The van der Waals surface area contributed by atoms with E-state index >= 15 is 0 Å². The lowest BCUT2D eigenvalue weighted by Crippen LogP contribution is -2.36. The molecule has 2 saturated carbocycles. The highest BCUT2D eigenvalue weighted by Gasteiger charge is 2.36. The Kier molecular flexibility index (Phi) is 4.10. The van der Waals surface area contributed by atoms with Gasteiger partial charge in [-0.05, 0) is 38.8 Å². The summed E-state index contributed by atoms with van der Waals surface area (Å²) in [4.78, 5) is 2.09. The molecule has 24 heavy (non-hydrogen) atoms. The largest absolute Gasteiger partial charge is 0.328 e. The Morgan fingerprint density at radius 1 is 1.21 bits per heavy atom. The van der Waals surface area contributed by atoms with E-state index < -0.39 is 0 Å². The minimum absolute atomic E-state index is 0.155. The van der Waals surface area contributed by atoms with E-state index in [0.29, 0.717) is 36.7 Å². The van der Waals surface area contributed by atoms with Gasteiger partial charge in [0.1, 0.15) is 17.5 Å². The SMILES string of the molecule is CN(Cc1ccccc1F)Cc1nnc(C2CC(N)C2)n1C1CC1. The summed E-state index contributed by atoms with van der Waals surface area (Å²) >= 11 is 0. The van der Waals surface area contributed by atoms with Crippen molar-refractivity contribution in [3.05, 3.63) is 47.3 Å². The van der Waals surface area contributed by atoms with Crippen LogP contribution in [0.1, 0.15) is 54.9 Å². The summed E-state index contributed by atoms with van der Waals surface area (Å²) in [6.45, 7) is 1.24. The fourth-order valence-electron chi connectivity index (χ4n) is 3.54. The summed E-state index contributed by atoms with van der Waals surface area (Å²) in [5.41, 5.74) is 6.65. The van der Waals surface area contributed by atoms with Crippen molar-refractivity contribution in [2.75, 3.05) is 7.05 Å². The first-order valence-electron chi connectivity index (χ1n) is 8.73. The molecule has 0 aliphatic heterocycles. The summed E-state index contributed by atoms with van der Waals surface area (Å²) in [6.07, 6.45) is 4.42. The lowest BCUT2D eigenvalue weighted by Gasteiger charge is -2.32. The van der Waals surface area contributed by atoms with Gasteiger partial charge in [0.25, 0.3) is 0 Å². The number of hydrogen-bond donors (Lipinski definition) is 1. The topological polar surface area (TPSA) is 60.0 Å². The zero-order chi connectivity index (χ0) is 16.7. The van der Waals surface area contributed by atoms with Crippen LogP contribution in [-0.4, -0.2) is 32.8 Å². The Morgan fingerprint density at radius 3 is 2.62 bits per heavy atom. The quantitative estimate of drug-likeness (QED) is 0.885. The highest BCUT2D eigenvalue weighted by atomic mass is 19.1. The van der Waals surface area contributed by atoms with Crippen molar-refractivity contribution in [2.45, 2.75) is 56.8 Å². The van der Waals surface area contributed by atoms with E-state index in [1.165, 1.54) is 18.9 Å². The van der Waals surface area contributed by atoms with Crippen molar-refractivity contribution in [2.24, 2.45) is 5.73 Å².